The molecule has 0 aromatic carbocycles. The molecule has 4 heterocycles. The Morgan fingerprint density at radius 2 is 2.20 bits per heavy atom. The molecule has 102 valence electrons. The maximum atomic E-state index is 4.76. The summed E-state index contributed by atoms with van der Waals surface area (Å²) in [6.45, 7) is 2.80. The van der Waals surface area contributed by atoms with E-state index in [1.807, 2.05) is 24.3 Å². The van der Waals surface area contributed by atoms with Crippen molar-refractivity contribution in [1.82, 2.24) is 15.2 Å². The summed E-state index contributed by atoms with van der Waals surface area (Å²) in [5.74, 6) is 1.99. The molecule has 1 unspecified atom stereocenters. The van der Waals surface area contributed by atoms with Crippen LogP contribution in [0.5, 0.6) is 0 Å². The van der Waals surface area contributed by atoms with Gasteiger partial charge in [0.05, 0.1) is 24.3 Å². The highest BCUT2D eigenvalue weighted by Gasteiger charge is 2.28. The quantitative estimate of drug-likeness (QED) is 0.867. The lowest BCUT2D eigenvalue weighted by molar-refractivity contribution is 0.446. The van der Waals surface area contributed by atoms with Crippen LogP contribution in [0.15, 0.2) is 47.6 Å². The predicted octanol–water partition coefficient (Wildman–Crippen LogP) is 1.30. The minimum Gasteiger partial charge on any atom is -0.365 e. The fourth-order valence-electron chi connectivity index (χ4n) is 2.67. The lowest BCUT2D eigenvalue weighted by atomic mass is 10.1. The topological polar surface area (TPSA) is 52.6 Å². The fraction of sp³-hybridized carbons (Fsp3) is 0.333. The van der Waals surface area contributed by atoms with E-state index in [1.165, 1.54) is 0 Å². The van der Waals surface area contributed by atoms with Crippen molar-refractivity contribution in [3.8, 4) is 0 Å². The molecule has 5 nitrogen and oxygen atoms in total. The smallest absolute Gasteiger partial charge is 0.128 e. The molecule has 0 amide bonds. The number of allylic oxidation sites excluding steroid dienone is 2. The second-order valence-electron chi connectivity index (χ2n) is 5.27. The Hall–Kier alpha value is -2.14. The highest BCUT2D eigenvalue weighted by Crippen LogP contribution is 2.28. The fourth-order valence-corrected chi connectivity index (χ4v) is 2.67. The van der Waals surface area contributed by atoms with E-state index in [4.69, 9.17) is 4.98 Å². The molecule has 1 saturated heterocycles. The molecule has 1 aromatic heterocycles. The van der Waals surface area contributed by atoms with Gasteiger partial charge >= 0.3 is 0 Å². The lowest BCUT2D eigenvalue weighted by Gasteiger charge is -2.29. The largest absolute Gasteiger partial charge is 0.365 e. The summed E-state index contributed by atoms with van der Waals surface area (Å²) >= 11 is 0. The summed E-state index contributed by atoms with van der Waals surface area (Å²) < 4.78 is 0. The van der Waals surface area contributed by atoms with Crippen molar-refractivity contribution in [2.75, 3.05) is 25.0 Å². The number of anilines is 1. The third-order valence-corrected chi connectivity index (χ3v) is 3.88. The van der Waals surface area contributed by atoms with E-state index in [1.54, 1.807) is 0 Å². The van der Waals surface area contributed by atoms with Crippen LogP contribution < -0.4 is 10.6 Å². The van der Waals surface area contributed by atoms with Crippen LogP contribution in [-0.4, -0.2) is 41.4 Å². The highest BCUT2D eigenvalue weighted by molar-refractivity contribution is 5.96. The number of pyridine rings is 1. The number of rotatable bonds is 3. The molecule has 20 heavy (non-hydrogen) atoms. The standard InChI is InChI=1S/C15H17N5/c1-2-7-20-13(10-17-15(20)6-1)12-4-3-5-14(19-12)18-11-8-16-9-11/h1-7,11,13,16H,8-10H2,(H,18,19). The highest BCUT2D eigenvalue weighted by atomic mass is 15.3. The minimum atomic E-state index is 0.215. The van der Waals surface area contributed by atoms with Crippen LogP contribution in [0, 0.1) is 0 Å². The third-order valence-electron chi connectivity index (χ3n) is 3.88. The second-order valence-corrected chi connectivity index (χ2v) is 5.27. The van der Waals surface area contributed by atoms with Gasteiger partial charge in [-0.15, -0.1) is 0 Å². The van der Waals surface area contributed by atoms with Gasteiger partial charge in [-0.1, -0.05) is 12.1 Å². The van der Waals surface area contributed by atoms with Gasteiger partial charge in [0.15, 0.2) is 0 Å². The molecule has 0 radical (unpaired) electrons. The van der Waals surface area contributed by atoms with Gasteiger partial charge in [0.1, 0.15) is 11.7 Å². The zero-order valence-corrected chi connectivity index (χ0v) is 11.2. The Bertz CT molecular complexity index is 600. The lowest BCUT2D eigenvalue weighted by Crippen LogP contribution is -2.51. The van der Waals surface area contributed by atoms with Crippen molar-refractivity contribution in [3.63, 3.8) is 0 Å². The molecule has 2 N–H and O–H groups in total. The Balaban J connectivity index is 1.55. The number of nitrogens with one attached hydrogen (secondary N) is 2. The zero-order valence-electron chi connectivity index (χ0n) is 11.2. The summed E-state index contributed by atoms with van der Waals surface area (Å²) in [5, 5.41) is 6.71. The van der Waals surface area contributed by atoms with Crippen LogP contribution in [0.25, 0.3) is 0 Å². The average Bonchev–Trinajstić information content (AvgIpc) is 2.87. The molecule has 1 fully saturated rings. The maximum Gasteiger partial charge on any atom is 0.128 e. The first-order valence-electron chi connectivity index (χ1n) is 7.02. The van der Waals surface area contributed by atoms with Gasteiger partial charge in [-0.3, -0.25) is 4.99 Å². The van der Waals surface area contributed by atoms with E-state index in [2.05, 4.69) is 38.9 Å². The van der Waals surface area contributed by atoms with Crippen LogP contribution in [0.4, 0.5) is 5.82 Å². The van der Waals surface area contributed by atoms with E-state index in [0.29, 0.717) is 6.04 Å². The predicted molar refractivity (Wildman–Crippen MR) is 79.7 cm³/mol. The van der Waals surface area contributed by atoms with E-state index in [0.717, 1.165) is 37.0 Å². The van der Waals surface area contributed by atoms with Gasteiger partial charge in [-0.05, 0) is 24.3 Å². The van der Waals surface area contributed by atoms with Crippen molar-refractivity contribution >= 4 is 11.7 Å². The summed E-state index contributed by atoms with van der Waals surface area (Å²) in [5.41, 5.74) is 1.07. The van der Waals surface area contributed by atoms with Gasteiger partial charge in [-0.2, -0.15) is 0 Å². The van der Waals surface area contributed by atoms with Gasteiger partial charge in [-0.25, -0.2) is 4.98 Å². The number of amidine groups is 1. The molecule has 3 aliphatic rings. The Morgan fingerprint density at radius 1 is 1.25 bits per heavy atom. The molecule has 0 spiro atoms. The van der Waals surface area contributed by atoms with Crippen LogP contribution in [-0.2, 0) is 0 Å². The first-order valence-corrected chi connectivity index (χ1v) is 7.02. The number of fused-ring (bicyclic) bond motifs is 1. The van der Waals surface area contributed by atoms with Crippen molar-refractivity contribution in [1.29, 1.82) is 0 Å². The van der Waals surface area contributed by atoms with Crippen molar-refractivity contribution < 1.29 is 0 Å². The van der Waals surface area contributed by atoms with E-state index in [9.17, 15) is 0 Å². The summed E-state index contributed by atoms with van der Waals surface area (Å²) in [4.78, 5) is 11.5. The SMILES string of the molecule is C1=CC2=NCC(c3cccc(NC4CNC4)n3)N2C=C1. The zero-order chi connectivity index (χ0) is 13.4. The van der Waals surface area contributed by atoms with E-state index >= 15 is 0 Å². The van der Waals surface area contributed by atoms with Gasteiger partial charge in [0.2, 0.25) is 0 Å². The van der Waals surface area contributed by atoms with Crippen molar-refractivity contribution in [2.45, 2.75) is 12.1 Å². The van der Waals surface area contributed by atoms with Crippen molar-refractivity contribution in [2.24, 2.45) is 4.99 Å². The van der Waals surface area contributed by atoms with E-state index < -0.39 is 0 Å². The number of aromatic nitrogens is 1. The van der Waals surface area contributed by atoms with Crippen LogP contribution in [0.1, 0.15) is 11.7 Å². The molecular weight excluding hydrogens is 250 g/mol. The molecule has 4 rings (SSSR count). The first kappa shape index (κ1) is 11.7. The molecule has 3 aliphatic heterocycles. The molecule has 0 bridgehead atoms. The molecule has 0 aliphatic carbocycles. The Morgan fingerprint density at radius 3 is 3.05 bits per heavy atom. The molecular formula is C15H17N5. The normalized spacial score (nSPS) is 24.3. The van der Waals surface area contributed by atoms with Crippen LogP contribution in [0.3, 0.4) is 0 Å². The van der Waals surface area contributed by atoms with Crippen LogP contribution in [0.2, 0.25) is 0 Å². The Kier molecular flexibility index (Phi) is 2.77. The summed E-state index contributed by atoms with van der Waals surface area (Å²) in [7, 11) is 0. The van der Waals surface area contributed by atoms with Crippen molar-refractivity contribution in [3.05, 3.63) is 48.3 Å². The van der Waals surface area contributed by atoms with Gasteiger partial charge < -0.3 is 15.5 Å². The number of hydrogen-bond acceptors (Lipinski definition) is 5. The number of nitrogens with zero attached hydrogens (tertiary/aromatic N) is 3. The molecule has 1 aromatic rings. The number of hydrogen-bond donors (Lipinski definition) is 2. The first-order chi connectivity index (χ1) is 9.90. The van der Waals surface area contributed by atoms with Crippen LogP contribution >= 0.6 is 0 Å². The maximum absolute atomic E-state index is 4.76. The monoisotopic (exact) mass is 267 g/mol. The van der Waals surface area contributed by atoms with Gasteiger partial charge in [0.25, 0.3) is 0 Å². The third kappa shape index (κ3) is 2.00. The minimum absolute atomic E-state index is 0.215. The number of aliphatic imine (C=N–C) groups is 1. The van der Waals surface area contributed by atoms with Gasteiger partial charge in [0, 0.05) is 19.3 Å². The second kappa shape index (κ2) is 4.76. The Labute approximate surface area is 118 Å². The average molecular weight is 267 g/mol. The molecule has 5 heteroatoms. The van der Waals surface area contributed by atoms with E-state index in [-0.39, 0.29) is 6.04 Å². The molecule has 1 atom stereocenters. The summed E-state index contributed by atoms with van der Waals surface area (Å²) in [6, 6.07) is 6.90. The molecule has 0 saturated carbocycles. The summed E-state index contributed by atoms with van der Waals surface area (Å²) in [6.07, 6.45) is 8.18.